The van der Waals surface area contributed by atoms with Crippen LogP contribution >= 0.6 is 22.9 Å². The number of nitrogens with one attached hydrogen (secondary N) is 1. The van der Waals surface area contributed by atoms with Crippen molar-refractivity contribution in [3.63, 3.8) is 0 Å². The summed E-state index contributed by atoms with van der Waals surface area (Å²) in [6, 6.07) is 10.7. The van der Waals surface area contributed by atoms with E-state index in [9.17, 15) is 0 Å². The van der Waals surface area contributed by atoms with Crippen LogP contribution in [0, 0.1) is 0 Å². The summed E-state index contributed by atoms with van der Waals surface area (Å²) in [6.07, 6.45) is 5.01. The molecule has 0 fully saturated rings. The van der Waals surface area contributed by atoms with Crippen molar-refractivity contribution >= 4 is 22.9 Å². The Balaban J connectivity index is 1.89. The highest BCUT2D eigenvalue weighted by molar-refractivity contribution is 7.16. The molecule has 19 heavy (non-hydrogen) atoms. The van der Waals surface area contributed by atoms with Gasteiger partial charge >= 0.3 is 0 Å². The van der Waals surface area contributed by atoms with Gasteiger partial charge in [-0.15, -0.1) is 11.3 Å². The van der Waals surface area contributed by atoms with Gasteiger partial charge in [0.15, 0.2) is 0 Å². The van der Waals surface area contributed by atoms with Crippen molar-refractivity contribution in [3.8, 4) is 0 Å². The van der Waals surface area contributed by atoms with E-state index in [0.717, 1.165) is 35.8 Å². The molecule has 1 N–H and O–H groups in total. The molecule has 2 aromatic heterocycles. The number of halogens is 1. The molecule has 1 atom stereocenters. The number of nitrogens with zero attached hydrogens (tertiary/aromatic N) is 1. The van der Waals surface area contributed by atoms with E-state index in [4.69, 9.17) is 11.6 Å². The number of thiophene rings is 1. The smallest absolute Gasteiger partial charge is 0.0931 e. The van der Waals surface area contributed by atoms with Gasteiger partial charge in [0, 0.05) is 22.8 Å². The van der Waals surface area contributed by atoms with Gasteiger partial charge in [-0.25, -0.2) is 0 Å². The molecule has 0 aromatic carbocycles. The Morgan fingerprint density at radius 2 is 2.21 bits per heavy atom. The van der Waals surface area contributed by atoms with Gasteiger partial charge in [-0.2, -0.15) is 0 Å². The first kappa shape index (κ1) is 14.5. The normalized spacial score (nSPS) is 12.5. The van der Waals surface area contributed by atoms with E-state index in [-0.39, 0.29) is 0 Å². The van der Waals surface area contributed by atoms with Gasteiger partial charge in [-0.3, -0.25) is 4.98 Å². The zero-order valence-corrected chi connectivity index (χ0v) is 12.7. The zero-order chi connectivity index (χ0) is 13.5. The van der Waals surface area contributed by atoms with Gasteiger partial charge in [-0.1, -0.05) is 24.6 Å². The Hall–Kier alpha value is -0.900. The van der Waals surface area contributed by atoms with Crippen LogP contribution in [-0.4, -0.2) is 17.6 Å². The monoisotopic (exact) mass is 294 g/mol. The molecule has 0 radical (unpaired) electrons. The number of aromatic nitrogens is 1. The Kier molecular flexibility index (Phi) is 5.83. The molecular formula is C15H19ClN2S. The minimum absolute atomic E-state index is 0.488. The zero-order valence-electron chi connectivity index (χ0n) is 11.1. The Labute approximate surface area is 123 Å². The topological polar surface area (TPSA) is 24.9 Å². The molecule has 2 rings (SSSR count). The van der Waals surface area contributed by atoms with Gasteiger partial charge in [0.1, 0.15) is 0 Å². The largest absolute Gasteiger partial charge is 0.314 e. The Morgan fingerprint density at radius 3 is 2.84 bits per heavy atom. The van der Waals surface area contributed by atoms with Gasteiger partial charge in [0.25, 0.3) is 0 Å². The maximum Gasteiger partial charge on any atom is 0.0931 e. The van der Waals surface area contributed by atoms with Crippen molar-refractivity contribution in [1.29, 1.82) is 0 Å². The third kappa shape index (κ3) is 4.94. The highest BCUT2D eigenvalue weighted by Crippen LogP contribution is 2.23. The number of hydrogen-bond acceptors (Lipinski definition) is 3. The van der Waals surface area contributed by atoms with E-state index in [1.54, 1.807) is 11.3 Å². The summed E-state index contributed by atoms with van der Waals surface area (Å²) < 4.78 is 0.870. The fourth-order valence-corrected chi connectivity index (χ4v) is 3.30. The van der Waals surface area contributed by atoms with Crippen LogP contribution in [0.1, 0.15) is 23.9 Å². The highest BCUT2D eigenvalue weighted by Gasteiger charge is 2.10. The van der Waals surface area contributed by atoms with Crippen LogP contribution in [0.25, 0.3) is 0 Å². The molecular weight excluding hydrogens is 276 g/mol. The average Bonchev–Trinajstić information content (AvgIpc) is 2.83. The van der Waals surface area contributed by atoms with E-state index in [1.165, 1.54) is 4.88 Å². The minimum Gasteiger partial charge on any atom is -0.314 e. The van der Waals surface area contributed by atoms with E-state index >= 15 is 0 Å². The molecule has 4 heteroatoms. The molecule has 0 amide bonds. The summed E-state index contributed by atoms with van der Waals surface area (Å²) in [7, 11) is 0. The van der Waals surface area contributed by atoms with E-state index in [1.807, 2.05) is 24.4 Å². The van der Waals surface area contributed by atoms with Gasteiger partial charge in [0.2, 0.25) is 0 Å². The quantitative estimate of drug-likeness (QED) is 0.836. The van der Waals surface area contributed by atoms with Gasteiger partial charge in [0.05, 0.1) is 4.34 Å². The molecule has 102 valence electrons. The maximum atomic E-state index is 5.98. The molecule has 0 saturated carbocycles. The molecule has 0 saturated heterocycles. The van der Waals surface area contributed by atoms with Crippen LogP contribution in [0.5, 0.6) is 0 Å². The fraction of sp³-hybridized carbons (Fsp3) is 0.400. The predicted octanol–water partition coefficient (Wildman–Crippen LogP) is 3.95. The minimum atomic E-state index is 0.488. The Morgan fingerprint density at radius 1 is 1.32 bits per heavy atom. The lowest BCUT2D eigenvalue weighted by Gasteiger charge is -2.16. The van der Waals surface area contributed by atoms with Crippen LogP contribution in [0.3, 0.4) is 0 Å². The van der Waals surface area contributed by atoms with Crippen LogP contribution in [0.2, 0.25) is 4.34 Å². The predicted molar refractivity (Wildman–Crippen MR) is 83.1 cm³/mol. The van der Waals surface area contributed by atoms with E-state index < -0.39 is 0 Å². The van der Waals surface area contributed by atoms with E-state index in [2.05, 4.69) is 29.4 Å². The molecule has 0 aliphatic rings. The second-order valence-electron chi connectivity index (χ2n) is 4.52. The SMILES string of the molecule is CCNC(CCc1ccccn1)Cc1ccc(Cl)s1. The van der Waals surface area contributed by atoms with Crippen molar-refractivity contribution in [2.24, 2.45) is 0 Å². The van der Waals surface area contributed by atoms with E-state index in [0.29, 0.717) is 6.04 Å². The number of pyridine rings is 1. The molecule has 2 nitrogen and oxygen atoms in total. The van der Waals surface area contributed by atoms with Gasteiger partial charge in [-0.05, 0) is 50.1 Å². The van der Waals surface area contributed by atoms with Crippen LogP contribution < -0.4 is 5.32 Å². The number of likely N-dealkylation sites (N-methyl/N-ethyl adjacent to an activating group) is 1. The summed E-state index contributed by atoms with van der Waals surface area (Å²) in [5, 5.41) is 3.55. The lowest BCUT2D eigenvalue weighted by Crippen LogP contribution is -2.31. The van der Waals surface area contributed by atoms with Crippen molar-refractivity contribution < 1.29 is 0 Å². The van der Waals surface area contributed by atoms with Crippen LogP contribution in [-0.2, 0) is 12.8 Å². The Bertz CT molecular complexity index is 484. The summed E-state index contributed by atoms with van der Waals surface area (Å²) in [5.41, 5.74) is 1.16. The standard InChI is InChI=1S/C15H19ClN2S/c1-2-17-13(11-14-8-9-15(16)19-14)7-6-12-5-3-4-10-18-12/h3-5,8-10,13,17H,2,6-7,11H2,1H3. The number of hydrogen-bond donors (Lipinski definition) is 1. The molecule has 2 aromatic rings. The second-order valence-corrected chi connectivity index (χ2v) is 6.32. The van der Waals surface area contributed by atoms with Crippen molar-refractivity contribution in [2.45, 2.75) is 32.2 Å². The average molecular weight is 295 g/mol. The second kappa shape index (κ2) is 7.63. The molecule has 0 spiro atoms. The lowest BCUT2D eigenvalue weighted by molar-refractivity contribution is 0.491. The fourth-order valence-electron chi connectivity index (χ4n) is 2.14. The summed E-state index contributed by atoms with van der Waals surface area (Å²) in [5.74, 6) is 0. The highest BCUT2D eigenvalue weighted by atomic mass is 35.5. The molecule has 2 heterocycles. The molecule has 1 unspecified atom stereocenters. The summed E-state index contributed by atoms with van der Waals surface area (Å²) >= 11 is 7.66. The van der Waals surface area contributed by atoms with Crippen molar-refractivity contribution in [2.75, 3.05) is 6.54 Å². The van der Waals surface area contributed by atoms with Crippen molar-refractivity contribution in [1.82, 2.24) is 10.3 Å². The van der Waals surface area contributed by atoms with Crippen molar-refractivity contribution in [3.05, 3.63) is 51.4 Å². The third-order valence-corrected chi connectivity index (χ3v) is 4.30. The first-order chi connectivity index (χ1) is 9.28. The molecule has 0 bridgehead atoms. The van der Waals surface area contributed by atoms with Crippen LogP contribution in [0.4, 0.5) is 0 Å². The maximum absolute atomic E-state index is 5.98. The third-order valence-electron chi connectivity index (χ3n) is 3.04. The first-order valence-corrected chi connectivity index (χ1v) is 7.85. The summed E-state index contributed by atoms with van der Waals surface area (Å²) in [6.45, 7) is 3.14. The summed E-state index contributed by atoms with van der Waals surface area (Å²) in [4.78, 5) is 5.72. The number of rotatable bonds is 7. The molecule has 0 aliphatic carbocycles. The molecule has 0 aliphatic heterocycles. The first-order valence-electron chi connectivity index (χ1n) is 6.65. The number of aryl methyl sites for hydroxylation is 1. The van der Waals surface area contributed by atoms with Crippen LogP contribution in [0.15, 0.2) is 36.5 Å². The lowest BCUT2D eigenvalue weighted by atomic mass is 10.1. The van der Waals surface area contributed by atoms with Gasteiger partial charge < -0.3 is 5.32 Å².